The van der Waals surface area contributed by atoms with Crippen LogP contribution in [0, 0.1) is 3.95 Å². The molecule has 0 radical (unpaired) electrons. The third-order valence-corrected chi connectivity index (χ3v) is 6.08. The van der Waals surface area contributed by atoms with Crippen LogP contribution in [0.3, 0.4) is 0 Å². The second-order valence-electron chi connectivity index (χ2n) is 5.67. The number of hydrogen-bond donors (Lipinski definition) is 1. The van der Waals surface area contributed by atoms with Crippen LogP contribution in [0.4, 0.5) is 18.9 Å². The Balaban J connectivity index is 1.73. The summed E-state index contributed by atoms with van der Waals surface area (Å²) in [7, 11) is 0. The number of amides is 1. The number of aromatic nitrogens is 2. The zero-order valence-electron chi connectivity index (χ0n) is 14.4. The fourth-order valence-electron chi connectivity index (χ4n) is 2.32. The Kier molecular flexibility index (Phi) is 6.21. The molecule has 3 aromatic rings. The van der Waals surface area contributed by atoms with E-state index in [1.807, 2.05) is 30.3 Å². The zero-order chi connectivity index (χ0) is 20.3. The van der Waals surface area contributed by atoms with Gasteiger partial charge in [0.2, 0.25) is 5.91 Å². The molecule has 0 aliphatic rings. The molecule has 1 heterocycles. The fraction of sp³-hybridized carbons (Fsp3) is 0.167. The highest BCUT2D eigenvalue weighted by atomic mass is 32.2. The summed E-state index contributed by atoms with van der Waals surface area (Å²) in [5.41, 5.74) is -0.355. The Hall–Kier alpha value is -2.17. The molecule has 0 saturated carbocycles. The van der Waals surface area contributed by atoms with Crippen LogP contribution in [0.15, 0.2) is 58.9 Å². The van der Waals surface area contributed by atoms with Crippen LogP contribution < -0.4 is 5.32 Å². The van der Waals surface area contributed by atoms with Gasteiger partial charge in [0.15, 0.2) is 8.29 Å². The summed E-state index contributed by atoms with van der Waals surface area (Å²) in [5, 5.41) is 6.09. The van der Waals surface area contributed by atoms with E-state index in [-0.39, 0.29) is 5.69 Å². The highest BCUT2D eigenvalue weighted by Crippen LogP contribution is 2.35. The number of nitrogens with zero attached hydrogens (tertiary/aromatic N) is 2. The largest absolute Gasteiger partial charge is 0.418 e. The smallest absolute Gasteiger partial charge is 0.325 e. The van der Waals surface area contributed by atoms with Crippen molar-refractivity contribution in [2.24, 2.45) is 0 Å². The predicted molar refractivity (Wildman–Crippen MR) is 108 cm³/mol. The molecule has 0 spiro atoms. The van der Waals surface area contributed by atoms with E-state index in [9.17, 15) is 18.0 Å². The summed E-state index contributed by atoms with van der Waals surface area (Å²) < 4.78 is 41.9. The fourth-order valence-corrected chi connectivity index (χ4v) is 4.82. The van der Waals surface area contributed by atoms with Crippen molar-refractivity contribution in [3.63, 3.8) is 0 Å². The predicted octanol–water partition coefficient (Wildman–Crippen LogP) is 5.80. The molecule has 1 aromatic heterocycles. The molecular formula is C18H14F3N3OS3. The first-order valence-electron chi connectivity index (χ1n) is 8.05. The van der Waals surface area contributed by atoms with Gasteiger partial charge in [-0.1, -0.05) is 53.4 Å². The molecule has 3 rings (SSSR count). The first kappa shape index (κ1) is 20.6. The monoisotopic (exact) mass is 441 g/mol. The number of thioether (sulfide) groups is 1. The number of para-hydroxylation sites is 2. The second kappa shape index (κ2) is 8.46. The molecule has 28 heavy (non-hydrogen) atoms. The molecule has 0 bridgehead atoms. The molecule has 1 N–H and O–H groups in total. The maximum atomic E-state index is 13.1. The summed E-state index contributed by atoms with van der Waals surface area (Å²) in [6, 6.07) is 14.2. The number of rotatable bonds is 5. The van der Waals surface area contributed by atoms with E-state index < -0.39 is 22.9 Å². The van der Waals surface area contributed by atoms with Crippen molar-refractivity contribution >= 4 is 46.9 Å². The molecule has 2 aromatic carbocycles. The Bertz CT molecular complexity index is 1030. The first-order chi connectivity index (χ1) is 13.3. The van der Waals surface area contributed by atoms with E-state index in [0.29, 0.717) is 8.29 Å². The maximum Gasteiger partial charge on any atom is 0.418 e. The van der Waals surface area contributed by atoms with Gasteiger partial charge in [-0.3, -0.25) is 4.79 Å². The van der Waals surface area contributed by atoms with Gasteiger partial charge in [-0.15, -0.1) is 5.10 Å². The van der Waals surface area contributed by atoms with Crippen LogP contribution in [-0.2, 0) is 11.0 Å². The van der Waals surface area contributed by atoms with Gasteiger partial charge < -0.3 is 5.32 Å². The van der Waals surface area contributed by atoms with Crippen LogP contribution in [0.2, 0.25) is 0 Å². The van der Waals surface area contributed by atoms with Gasteiger partial charge in [-0.05, 0) is 43.4 Å². The number of carbonyl (C=O) groups is 1. The number of halogens is 3. The van der Waals surface area contributed by atoms with E-state index in [1.54, 1.807) is 11.6 Å². The first-order valence-corrected chi connectivity index (χ1v) is 10.2. The molecule has 1 atom stereocenters. The Morgan fingerprint density at radius 2 is 1.82 bits per heavy atom. The summed E-state index contributed by atoms with van der Waals surface area (Å²) in [4.78, 5) is 12.4. The van der Waals surface area contributed by atoms with Gasteiger partial charge in [-0.2, -0.15) is 13.2 Å². The van der Waals surface area contributed by atoms with E-state index in [4.69, 9.17) is 12.2 Å². The third-order valence-electron chi connectivity index (χ3n) is 3.67. The molecule has 10 heteroatoms. The van der Waals surface area contributed by atoms with E-state index >= 15 is 0 Å². The summed E-state index contributed by atoms with van der Waals surface area (Å²) in [5.74, 6) is -0.547. The minimum Gasteiger partial charge on any atom is -0.325 e. The molecule has 146 valence electrons. The van der Waals surface area contributed by atoms with Gasteiger partial charge in [-0.25, -0.2) is 4.68 Å². The van der Waals surface area contributed by atoms with Crippen LogP contribution in [-0.4, -0.2) is 20.9 Å². The number of alkyl halides is 3. The van der Waals surface area contributed by atoms with Crippen molar-refractivity contribution in [1.82, 2.24) is 9.78 Å². The number of anilines is 1. The summed E-state index contributed by atoms with van der Waals surface area (Å²) in [6.45, 7) is 1.60. The number of carbonyl (C=O) groups excluding carboxylic acids is 1. The molecule has 0 fully saturated rings. The SMILES string of the molecule is CC(Sc1nn(-c2ccccc2)c(=S)s1)C(=O)Nc1ccccc1C(F)(F)F. The van der Waals surface area contributed by atoms with Gasteiger partial charge in [0.25, 0.3) is 0 Å². The number of hydrogen-bond acceptors (Lipinski definition) is 5. The number of benzene rings is 2. The zero-order valence-corrected chi connectivity index (χ0v) is 16.9. The van der Waals surface area contributed by atoms with Crippen molar-refractivity contribution in [2.75, 3.05) is 5.32 Å². The van der Waals surface area contributed by atoms with Crippen molar-refractivity contribution < 1.29 is 18.0 Å². The maximum absolute atomic E-state index is 13.1. The second-order valence-corrected chi connectivity index (χ2v) is 8.88. The van der Waals surface area contributed by atoms with Crippen molar-refractivity contribution in [2.45, 2.75) is 22.7 Å². The van der Waals surface area contributed by atoms with Crippen LogP contribution >= 0.6 is 35.3 Å². The van der Waals surface area contributed by atoms with Crippen molar-refractivity contribution in [3.8, 4) is 5.69 Å². The molecule has 1 unspecified atom stereocenters. The topological polar surface area (TPSA) is 46.9 Å². The molecule has 0 aliphatic carbocycles. The minimum absolute atomic E-state index is 0.269. The molecule has 0 saturated heterocycles. The van der Waals surface area contributed by atoms with Gasteiger partial charge in [0.05, 0.1) is 22.2 Å². The highest BCUT2D eigenvalue weighted by Gasteiger charge is 2.34. The van der Waals surface area contributed by atoms with Crippen LogP contribution in [0.25, 0.3) is 5.69 Å². The highest BCUT2D eigenvalue weighted by molar-refractivity contribution is 8.02. The summed E-state index contributed by atoms with van der Waals surface area (Å²) in [6.07, 6.45) is -4.55. The van der Waals surface area contributed by atoms with Crippen molar-refractivity contribution in [1.29, 1.82) is 0 Å². The lowest BCUT2D eigenvalue weighted by atomic mass is 10.1. The molecule has 4 nitrogen and oxygen atoms in total. The minimum atomic E-state index is -4.55. The Morgan fingerprint density at radius 3 is 2.50 bits per heavy atom. The van der Waals surface area contributed by atoms with Crippen molar-refractivity contribution in [3.05, 3.63) is 64.1 Å². The lowest BCUT2D eigenvalue weighted by Crippen LogP contribution is -2.24. The van der Waals surface area contributed by atoms with Crippen LogP contribution in [0.5, 0.6) is 0 Å². The molecular weight excluding hydrogens is 427 g/mol. The van der Waals surface area contributed by atoms with E-state index in [0.717, 1.165) is 23.5 Å². The van der Waals surface area contributed by atoms with E-state index in [1.165, 1.54) is 29.5 Å². The normalized spacial score (nSPS) is 12.6. The van der Waals surface area contributed by atoms with Gasteiger partial charge in [0, 0.05) is 0 Å². The average Bonchev–Trinajstić information content (AvgIpc) is 3.02. The standard InChI is InChI=1S/C18H14F3N3OS3/c1-11(15(25)22-14-10-6-5-9-13(14)18(19,20)21)27-16-23-24(17(26)28-16)12-7-3-2-4-8-12/h2-11H,1H3,(H,22,25). The van der Waals surface area contributed by atoms with Crippen LogP contribution in [0.1, 0.15) is 12.5 Å². The molecule has 0 aliphatic heterocycles. The van der Waals surface area contributed by atoms with E-state index in [2.05, 4.69) is 10.4 Å². The Morgan fingerprint density at radius 1 is 1.18 bits per heavy atom. The quantitative estimate of drug-likeness (QED) is 0.401. The average molecular weight is 442 g/mol. The van der Waals surface area contributed by atoms with Gasteiger partial charge >= 0.3 is 6.18 Å². The number of nitrogens with one attached hydrogen (secondary N) is 1. The molecule has 1 amide bonds. The van der Waals surface area contributed by atoms with Gasteiger partial charge in [0.1, 0.15) is 0 Å². The summed E-state index contributed by atoms with van der Waals surface area (Å²) >= 11 is 7.70. The lowest BCUT2D eigenvalue weighted by Gasteiger charge is -2.15. The third kappa shape index (κ3) is 4.81. The lowest BCUT2D eigenvalue weighted by molar-refractivity contribution is -0.137. The Labute approximate surface area is 172 Å².